The normalized spacial score (nSPS) is 13.7. The molecule has 134 valence electrons. The number of likely N-dealkylation sites (tertiary alicyclic amines) is 1. The third kappa shape index (κ3) is 6.93. The number of benzene rings is 2. The van der Waals surface area contributed by atoms with Crippen LogP contribution >= 0.6 is 0 Å². The van der Waals surface area contributed by atoms with Gasteiger partial charge in [0.1, 0.15) is 5.82 Å². The summed E-state index contributed by atoms with van der Waals surface area (Å²) in [7, 11) is 0. The van der Waals surface area contributed by atoms with E-state index in [1.165, 1.54) is 56.6 Å². The lowest BCUT2D eigenvalue weighted by molar-refractivity contribution is 0.237. The van der Waals surface area contributed by atoms with Crippen LogP contribution in [0, 0.1) is 28.5 Å². The van der Waals surface area contributed by atoms with E-state index in [9.17, 15) is 4.39 Å². The van der Waals surface area contributed by atoms with Gasteiger partial charge in [-0.05, 0) is 74.5 Å². The Labute approximate surface area is 154 Å². The maximum Gasteiger partial charge on any atom is 0.123 e. The van der Waals surface area contributed by atoms with Crippen molar-refractivity contribution < 1.29 is 4.39 Å². The monoisotopic (exact) mass is 350 g/mol. The molecule has 0 spiro atoms. The van der Waals surface area contributed by atoms with Crippen molar-refractivity contribution in [2.75, 3.05) is 31.5 Å². The fourth-order valence-corrected chi connectivity index (χ4v) is 2.73. The van der Waals surface area contributed by atoms with Crippen molar-refractivity contribution >= 4 is 5.69 Å². The number of halogens is 1. The Hall–Kier alpha value is -2.89. The second-order valence-electron chi connectivity index (χ2n) is 6.14. The van der Waals surface area contributed by atoms with Crippen LogP contribution in [0.3, 0.4) is 0 Å². The molecule has 1 heterocycles. The van der Waals surface area contributed by atoms with Crippen molar-refractivity contribution in [3.05, 3.63) is 65.5 Å². The SMILES string of the molecule is N#Cc1ccc(F)cc1.N#Cc1ccc(NCCN2CCCCC2)cc1. The third-order valence-corrected chi connectivity index (χ3v) is 4.19. The molecule has 4 nitrogen and oxygen atoms in total. The van der Waals surface area contributed by atoms with E-state index in [-0.39, 0.29) is 5.82 Å². The zero-order valence-electron chi connectivity index (χ0n) is 14.8. The van der Waals surface area contributed by atoms with Gasteiger partial charge in [-0.2, -0.15) is 10.5 Å². The molecule has 1 aliphatic heterocycles. The molecule has 1 aliphatic rings. The van der Waals surface area contributed by atoms with Crippen molar-refractivity contribution in [3.8, 4) is 12.1 Å². The summed E-state index contributed by atoms with van der Waals surface area (Å²) in [6.07, 6.45) is 4.08. The van der Waals surface area contributed by atoms with Gasteiger partial charge < -0.3 is 10.2 Å². The number of nitriles is 2. The summed E-state index contributed by atoms with van der Waals surface area (Å²) >= 11 is 0. The van der Waals surface area contributed by atoms with Crippen LogP contribution < -0.4 is 5.32 Å². The molecule has 1 fully saturated rings. The molecule has 26 heavy (non-hydrogen) atoms. The highest BCUT2D eigenvalue weighted by molar-refractivity contribution is 5.47. The van der Waals surface area contributed by atoms with Crippen LogP contribution in [0.1, 0.15) is 30.4 Å². The molecule has 1 N–H and O–H groups in total. The summed E-state index contributed by atoms with van der Waals surface area (Å²) in [4.78, 5) is 2.51. The minimum Gasteiger partial charge on any atom is -0.384 e. The van der Waals surface area contributed by atoms with E-state index in [2.05, 4.69) is 16.3 Å². The lowest BCUT2D eigenvalue weighted by Crippen LogP contribution is -2.33. The largest absolute Gasteiger partial charge is 0.384 e. The van der Waals surface area contributed by atoms with Crippen LogP contribution in [0.5, 0.6) is 0 Å². The maximum atomic E-state index is 12.1. The van der Waals surface area contributed by atoms with Crippen molar-refractivity contribution in [3.63, 3.8) is 0 Å². The maximum absolute atomic E-state index is 12.1. The second kappa shape index (κ2) is 10.9. The summed E-state index contributed by atoms with van der Waals surface area (Å²) in [6.45, 7) is 4.58. The van der Waals surface area contributed by atoms with Gasteiger partial charge in [-0.3, -0.25) is 0 Å². The molecule has 3 rings (SSSR count). The number of piperidine rings is 1. The smallest absolute Gasteiger partial charge is 0.123 e. The zero-order valence-corrected chi connectivity index (χ0v) is 14.8. The van der Waals surface area contributed by atoms with E-state index in [0.29, 0.717) is 11.1 Å². The fraction of sp³-hybridized carbons (Fsp3) is 0.333. The molecule has 0 bridgehead atoms. The van der Waals surface area contributed by atoms with Crippen LogP contribution in [0.15, 0.2) is 48.5 Å². The first-order valence-electron chi connectivity index (χ1n) is 8.83. The Bertz CT molecular complexity index is 736. The van der Waals surface area contributed by atoms with Crippen LogP contribution in [-0.4, -0.2) is 31.1 Å². The predicted octanol–water partition coefficient (Wildman–Crippen LogP) is 4.15. The number of hydrogen-bond acceptors (Lipinski definition) is 4. The molecular formula is C21H23FN4. The number of anilines is 1. The topological polar surface area (TPSA) is 62.9 Å². The molecule has 0 amide bonds. The van der Waals surface area contributed by atoms with Crippen LogP contribution in [0.4, 0.5) is 10.1 Å². The third-order valence-electron chi connectivity index (χ3n) is 4.19. The molecule has 0 saturated carbocycles. The van der Waals surface area contributed by atoms with E-state index >= 15 is 0 Å². The minimum atomic E-state index is -0.311. The quantitative estimate of drug-likeness (QED) is 0.899. The van der Waals surface area contributed by atoms with Gasteiger partial charge in [0.2, 0.25) is 0 Å². The van der Waals surface area contributed by atoms with Gasteiger partial charge in [-0.25, -0.2) is 4.39 Å². The average Bonchev–Trinajstić information content (AvgIpc) is 2.70. The molecule has 5 heteroatoms. The summed E-state index contributed by atoms with van der Waals surface area (Å²) in [5.74, 6) is -0.311. The molecule has 0 aliphatic carbocycles. The van der Waals surface area contributed by atoms with Gasteiger partial charge in [-0.15, -0.1) is 0 Å². The first-order chi connectivity index (χ1) is 12.7. The van der Waals surface area contributed by atoms with Crippen LogP contribution in [0.25, 0.3) is 0 Å². The van der Waals surface area contributed by atoms with Crippen LogP contribution in [0.2, 0.25) is 0 Å². The first-order valence-corrected chi connectivity index (χ1v) is 8.83. The van der Waals surface area contributed by atoms with Crippen molar-refractivity contribution in [2.24, 2.45) is 0 Å². The lowest BCUT2D eigenvalue weighted by Gasteiger charge is -2.26. The first kappa shape index (κ1) is 19.4. The Kier molecular flexibility index (Phi) is 8.12. The minimum absolute atomic E-state index is 0.311. The van der Waals surface area contributed by atoms with Gasteiger partial charge >= 0.3 is 0 Å². The summed E-state index contributed by atoms with van der Waals surface area (Å²) in [5, 5.41) is 20.3. The van der Waals surface area contributed by atoms with Gasteiger partial charge in [0.25, 0.3) is 0 Å². The van der Waals surface area contributed by atoms with Gasteiger partial charge in [-0.1, -0.05) is 6.42 Å². The molecule has 0 unspecified atom stereocenters. The molecule has 0 radical (unpaired) electrons. The number of nitrogens with one attached hydrogen (secondary N) is 1. The Balaban J connectivity index is 0.000000228. The summed E-state index contributed by atoms with van der Waals surface area (Å²) in [6, 6.07) is 17.1. The standard InChI is InChI=1S/C14H19N3.C7H4FN/c15-12-13-4-6-14(7-5-13)16-8-11-17-9-2-1-3-10-17;8-7-3-1-6(5-9)2-4-7/h4-7,16H,1-3,8-11H2;1-4H. The van der Waals surface area contributed by atoms with Crippen molar-refractivity contribution in [1.29, 1.82) is 10.5 Å². The highest BCUT2D eigenvalue weighted by Crippen LogP contribution is 2.10. The Morgan fingerprint density at radius 3 is 1.92 bits per heavy atom. The summed E-state index contributed by atoms with van der Waals surface area (Å²) < 4.78 is 12.1. The predicted molar refractivity (Wildman–Crippen MR) is 101 cm³/mol. The Morgan fingerprint density at radius 1 is 0.846 bits per heavy atom. The van der Waals surface area contributed by atoms with Gasteiger partial charge in [0.05, 0.1) is 23.3 Å². The van der Waals surface area contributed by atoms with E-state index in [1.807, 2.05) is 30.3 Å². The van der Waals surface area contributed by atoms with E-state index in [1.54, 1.807) is 0 Å². The molecule has 2 aromatic rings. The highest BCUT2D eigenvalue weighted by Gasteiger charge is 2.08. The molecular weight excluding hydrogens is 327 g/mol. The lowest BCUT2D eigenvalue weighted by atomic mass is 10.1. The van der Waals surface area contributed by atoms with Gasteiger partial charge in [0.15, 0.2) is 0 Å². The van der Waals surface area contributed by atoms with E-state index in [0.717, 1.165) is 18.8 Å². The number of rotatable bonds is 4. The Morgan fingerprint density at radius 2 is 1.38 bits per heavy atom. The second-order valence-corrected chi connectivity index (χ2v) is 6.14. The van der Waals surface area contributed by atoms with Crippen molar-refractivity contribution in [1.82, 2.24) is 4.90 Å². The van der Waals surface area contributed by atoms with E-state index < -0.39 is 0 Å². The molecule has 1 saturated heterocycles. The van der Waals surface area contributed by atoms with Gasteiger partial charge in [0, 0.05) is 18.8 Å². The van der Waals surface area contributed by atoms with E-state index in [4.69, 9.17) is 10.5 Å². The average molecular weight is 350 g/mol. The molecule has 0 atom stereocenters. The number of nitrogens with zero attached hydrogens (tertiary/aromatic N) is 3. The van der Waals surface area contributed by atoms with Crippen molar-refractivity contribution in [2.45, 2.75) is 19.3 Å². The molecule has 2 aromatic carbocycles. The number of hydrogen-bond donors (Lipinski definition) is 1. The summed E-state index contributed by atoms with van der Waals surface area (Å²) in [5.41, 5.74) is 2.30. The zero-order chi connectivity index (χ0) is 18.6. The van der Waals surface area contributed by atoms with Crippen LogP contribution in [-0.2, 0) is 0 Å². The molecule has 0 aromatic heterocycles. The fourth-order valence-electron chi connectivity index (χ4n) is 2.73. The highest BCUT2D eigenvalue weighted by atomic mass is 19.1.